The van der Waals surface area contributed by atoms with Crippen molar-refractivity contribution in [3.63, 3.8) is 0 Å². The maximum Gasteiger partial charge on any atom is 0.273 e. The molecule has 3 N–H and O–H groups in total. The largest absolute Gasteiger partial charge is 0.337 e. The maximum absolute atomic E-state index is 12.4. The monoisotopic (exact) mass is 368 g/mol. The number of amides is 2. The number of carbonyl (C=O) groups is 2. The van der Waals surface area contributed by atoms with Crippen LogP contribution in [-0.4, -0.2) is 40.8 Å². The molecule has 1 fully saturated rings. The molecule has 0 radical (unpaired) electrons. The lowest BCUT2D eigenvalue weighted by atomic mass is 9.79. The van der Waals surface area contributed by atoms with Crippen LogP contribution in [0, 0.1) is 5.41 Å². The number of nitrogens with zero attached hydrogens (tertiary/aromatic N) is 2. The van der Waals surface area contributed by atoms with Crippen molar-refractivity contribution >= 4 is 53.1 Å². The fourth-order valence-corrected chi connectivity index (χ4v) is 3.02. The van der Waals surface area contributed by atoms with Crippen molar-refractivity contribution < 1.29 is 9.59 Å². The molecular weight excluding hydrogens is 347 g/mol. The summed E-state index contributed by atoms with van der Waals surface area (Å²) < 4.78 is 0. The molecule has 0 saturated carbocycles. The van der Waals surface area contributed by atoms with Crippen LogP contribution in [0.3, 0.4) is 0 Å². The molecule has 1 unspecified atom stereocenters. The lowest BCUT2D eigenvalue weighted by Crippen LogP contribution is -2.54. The first-order valence-corrected chi connectivity index (χ1v) is 7.45. The quantitative estimate of drug-likeness (QED) is 0.836. The van der Waals surface area contributed by atoms with Gasteiger partial charge in [-0.3, -0.25) is 9.59 Å². The molecule has 2 amide bonds. The third-order valence-corrected chi connectivity index (χ3v) is 4.36. The van der Waals surface area contributed by atoms with Crippen LogP contribution in [0.15, 0.2) is 5.38 Å². The highest BCUT2D eigenvalue weighted by atomic mass is 35.5. The van der Waals surface area contributed by atoms with E-state index in [1.807, 2.05) is 0 Å². The molecule has 2 heterocycles. The van der Waals surface area contributed by atoms with Gasteiger partial charge in [0.25, 0.3) is 5.91 Å². The number of nitrogens with two attached hydrogens (primary N) is 1. The van der Waals surface area contributed by atoms with E-state index in [0.717, 1.165) is 6.42 Å². The minimum atomic E-state index is -0.191. The van der Waals surface area contributed by atoms with Gasteiger partial charge in [0.05, 0.1) is 0 Å². The van der Waals surface area contributed by atoms with E-state index in [1.54, 1.807) is 10.3 Å². The topological polar surface area (TPSA) is 88.3 Å². The van der Waals surface area contributed by atoms with Gasteiger partial charge in [0.1, 0.15) is 5.69 Å². The summed E-state index contributed by atoms with van der Waals surface area (Å²) in [5, 5.41) is 4.71. The van der Waals surface area contributed by atoms with Crippen molar-refractivity contribution in [2.45, 2.75) is 33.2 Å². The predicted octanol–water partition coefficient (Wildman–Crippen LogP) is 2.14. The molecule has 1 aromatic heterocycles. The Morgan fingerprint density at radius 1 is 1.45 bits per heavy atom. The molecule has 9 heteroatoms. The van der Waals surface area contributed by atoms with Gasteiger partial charge in [0.2, 0.25) is 5.91 Å². The standard InChI is InChI=1S/C13H20N4O2S.2ClH/c1-8(18)15-12-16-9(6-20-12)11(19)17-5-4-10(14)13(2,3)7-17;;/h6,10H,4-5,7,14H2,1-3H3,(H,15,16,18);2*1H. The van der Waals surface area contributed by atoms with Gasteiger partial charge < -0.3 is 16.0 Å². The number of piperidine rings is 1. The van der Waals surface area contributed by atoms with Gasteiger partial charge in [-0.1, -0.05) is 13.8 Å². The number of rotatable bonds is 2. The smallest absolute Gasteiger partial charge is 0.273 e. The Kier molecular flexibility index (Phi) is 7.77. The number of halogens is 2. The molecule has 1 aromatic rings. The zero-order valence-corrected chi connectivity index (χ0v) is 15.2. The van der Waals surface area contributed by atoms with Crippen LogP contribution in [0.5, 0.6) is 0 Å². The third kappa shape index (κ3) is 4.81. The van der Waals surface area contributed by atoms with E-state index in [9.17, 15) is 9.59 Å². The van der Waals surface area contributed by atoms with Gasteiger partial charge in [0, 0.05) is 31.4 Å². The molecule has 0 spiro atoms. The molecule has 6 nitrogen and oxygen atoms in total. The van der Waals surface area contributed by atoms with E-state index >= 15 is 0 Å². The van der Waals surface area contributed by atoms with E-state index in [-0.39, 0.29) is 48.1 Å². The molecule has 22 heavy (non-hydrogen) atoms. The van der Waals surface area contributed by atoms with E-state index < -0.39 is 0 Å². The van der Waals surface area contributed by atoms with Crippen LogP contribution in [0.1, 0.15) is 37.7 Å². The van der Waals surface area contributed by atoms with Gasteiger partial charge >= 0.3 is 0 Å². The predicted molar refractivity (Wildman–Crippen MR) is 93.2 cm³/mol. The minimum absolute atomic E-state index is 0. The zero-order valence-electron chi connectivity index (χ0n) is 12.8. The highest BCUT2D eigenvalue weighted by Gasteiger charge is 2.36. The summed E-state index contributed by atoms with van der Waals surface area (Å²) >= 11 is 1.26. The summed E-state index contributed by atoms with van der Waals surface area (Å²) in [6, 6.07) is 0.108. The van der Waals surface area contributed by atoms with Gasteiger partial charge in [-0.2, -0.15) is 0 Å². The van der Waals surface area contributed by atoms with Crippen LogP contribution in [-0.2, 0) is 4.79 Å². The molecule has 0 aromatic carbocycles. The molecular formula is C13H22Cl2N4O2S. The molecule has 1 aliphatic rings. The fraction of sp³-hybridized carbons (Fsp3) is 0.615. The van der Waals surface area contributed by atoms with Gasteiger partial charge in [-0.15, -0.1) is 36.2 Å². The number of likely N-dealkylation sites (tertiary alicyclic amines) is 1. The van der Waals surface area contributed by atoms with Gasteiger partial charge in [0.15, 0.2) is 5.13 Å². The number of thiazole rings is 1. The van der Waals surface area contributed by atoms with E-state index in [1.165, 1.54) is 18.3 Å². The Hall–Kier alpha value is -0.890. The molecule has 0 aliphatic carbocycles. The SMILES string of the molecule is CC(=O)Nc1nc(C(=O)N2CCC(N)C(C)(C)C2)cs1.Cl.Cl. The second-order valence-corrected chi connectivity index (χ2v) is 6.69. The summed E-state index contributed by atoms with van der Waals surface area (Å²) in [7, 11) is 0. The number of carbonyl (C=O) groups excluding carboxylic acids is 2. The second-order valence-electron chi connectivity index (χ2n) is 5.83. The van der Waals surface area contributed by atoms with Crippen LogP contribution >= 0.6 is 36.2 Å². The van der Waals surface area contributed by atoms with Crippen molar-refractivity contribution in [2.75, 3.05) is 18.4 Å². The summed E-state index contributed by atoms with van der Waals surface area (Å²) in [5.74, 6) is -0.291. The molecule has 126 valence electrons. The van der Waals surface area contributed by atoms with E-state index in [0.29, 0.717) is 23.9 Å². The van der Waals surface area contributed by atoms with Crippen LogP contribution in [0.4, 0.5) is 5.13 Å². The van der Waals surface area contributed by atoms with Crippen molar-refractivity contribution in [1.82, 2.24) is 9.88 Å². The summed E-state index contributed by atoms with van der Waals surface area (Å²) in [4.78, 5) is 29.3. The molecule has 2 rings (SSSR count). The highest BCUT2D eigenvalue weighted by Crippen LogP contribution is 2.29. The third-order valence-electron chi connectivity index (χ3n) is 3.61. The summed E-state index contributed by atoms with van der Waals surface area (Å²) in [6.45, 7) is 6.83. The van der Waals surface area contributed by atoms with Crippen molar-refractivity contribution in [2.24, 2.45) is 11.1 Å². The average Bonchev–Trinajstić information content (AvgIpc) is 2.79. The highest BCUT2D eigenvalue weighted by molar-refractivity contribution is 7.14. The minimum Gasteiger partial charge on any atom is -0.337 e. The Morgan fingerprint density at radius 2 is 2.09 bits per heavy atom. The number of hydrogen-bond acceptors (Lipinski definition) is 5. The van der Waals surface area contributed by atoms with Gasteiger partial charge in [-0.25, -0.2) is 4.98 Å². The zero-order chi connectivity index (χ0) is 14.9. The molecule has 1 saturated heterocycles. The normalized spacial score (nSPS) is 19.6. The fourth-order valence-electron chi connectivity index (χ4n) is 2.29. The number of anilines is 1. The number of nitrogens with one attached hydrogen (secondary N) is 1. The summed E-state index contributed by atoms with van der Waals surface area (Å²) in [5.41, 5.74) is 6.36. The first kappa shape index (κ1) is 21.1. The van der Waals surface area contributed by atoms with Crippen molar-refractivity contribution in [3.05, 3.63) is 11.1 Å². The second kappa shape index (κ2) is 8.10. The lowest BCUT2D eigenvalue weighted by molar-refractivity contribution is -0.114. The van der Waals surface area contributed by atoms with Crippen LogP contribution < -0.4 is 11.1 Å². The average molecular weight is 369 g/mol. The Labute approximate surface area is 146 Å². The first-order valence-electron chi connectivity index (χ1n) is 6.57. The lowest BCUT2D eigenvalue weighted by Gasteiger charge is -2.42. The van der Waals surface area contributed by atoms with Crippen LogP contribution in [0.2, 0.25) is 0 Å². The van der Waals surface area contributed by atoms with E-state index in [4.69, 9.17) is 5.73 Å². The molecule has 1 atom stereocenters. The molecule has 1 aliphatic heterocycles. The molecule has 0 bridgehead atoms. The van der Waals surface area contributed by atoms with Crippen molar-refractivity contribution in [1.29, 1.82) is 0 Å². The number of hydrogen-bond donors (Lipinski definition) is 2. The Balaban J connectivity index is 0.00000220. The van der Waals surface area contributed by atoms with Gasteiger partial charge in [-0.05, 0) is 11.8 Å². The summed E-state index contributed by atoms with van der Waals surface area (Å²) in [6.07, 6.45) is 0.793. The first-order chi connectivity index (χ1) is 9.29. The van der Waals surface area contributed by atoms with E-state index in [2.05, 4.69) is 24.1 Å². The Morgan fingerprint density at radius 3 is 2.64 bits per heavy atom. The maximum atomic E-state index is 12.4. The van der Waals surface area contributed by atoms with Crippen LogP contribution in [0.25, 0.3) is 0 Å². The van der Waals surface area contributed by atoms with Crippen molar-refractivity contribution in [3.8, 4) is 0 Å². The Bertz CT molecular complexity index is 536. The number of aromatic nitrogens is 1.